The number of nitro benzene ring substituents is 1. The maximum atomic E-state index is 13.4. The van der Waals surface area contributed by atoms with E-state index in [4.69, 9.17) is 4.74 Å². The zero-order valence-electron chi connectivity index (χ0n) is 13.5. The van der Waals surface area contributed by atoms with Gasteiger partial charge in [-0.3, -0.25) is 19.7 Å². The standard InChI is InChI=1S/C16H12F3N3O5/c17-11-5-6-12(16(19)15(11)18)21-13(23)7-20-14(24)8-27-10-3-1-9(2-4-10)22(25)26/h1-6H,7-8H2,(H,20,24)(H,21,23). The van der Waals surface area contributed by atoms with Crippen LogP contribution in [-0.2, 0) is 9.59 Å². The Morgan fingerprint density at radius 3 is 2.30 bits per heavy atom. The highest BCUT2D eigenvalue weighted by molar-refractivity contribution is 5.94. The minimum absolute atomic E-state index is 0.145. The summed E-state index contributed by atoms with van der Waals surface area (Å²) < 4.78 is 44.4. The van der Waals surface area contributed by atoms with Crippen LogP contribution in [-0.4, -0.2) is 29.9 Å². The van der Waals surface area contributed by atoms with Crippen molar-refractivity contribution in [1.29, 1.82) is 0 Å². The first-order chi connectivity index (χ1) is 12.8. The van der Waals surface area contributed by atoms with E-state index in [9.17, 15) is 32.9 Å². The number of nitro groups is 1. The van der Waals surface area contributed by atoms with Crippen molar-refractivity contribution in [3.63, 3.8) is 0 Å². The van der Waals surface area contributed by atoms with Crippen LogP contribution in [0, 0.1) is 27.6 Å². The number of carbonyl (C=O) groups is 2. The number of nitrogens with one attached hydrogen (secondary N) is 2. The lowest BCUT2D eigenvalue weighted by molar-refractivity contribution is -0.384. The molecular formula is C16H12F3N3O5. The molecule has 0 fully saturated rings. The summed E-state index contributed by atoms with van der Waals surface area (Å²) in [6, 6.07) is 6.46. The third-order valence-electron chi connectivity index (χ3n) is 3.17. The van der Waals surface area contributed by atoms with Gasteiger partial charge in [0, 0.05) is 12.1 Å². The van der Waals surface area contributed by atoms with Crippen molar-refractivity contribution in [3.05, 3.63) is 64.0 Å². The molecule has 0 radical (unpaired) electrons. The molecule has 8 nitrogen and oxygen atoms in total. The molecule has 142 valence electrons. The molecule has 0 spiro atoms. The smallest absolute Gasteiger partial charge is 0.269 e. The highest BCUT2D eigenvalue weighted by Crippen LogP contribution is 2.19. The fourth-order valence-corrected chi connectivity index (χ4v) is 1.86. The summed E-state index contributed by atoms with van der Waals surface area (Å²) >= 11 is 0. The minimum atomic E-state index is -1.73. The van der Waals surface area contributed by atoms with Gasteiger partial charge < -0.3 is 15.4 Å². The maximum absolute atomic E-state index is 13.4. The van der Waals surface area contributed by atoms with Gasteiger partial charge in [0.15, 0.2) is 24.1 Å². The zero-order valence-corrected chi connectivity index (χ0v) is 13.5. The van der Waals surface area contributed by atoms with Crippen LogP contribution in [0.4, 0.5) is 24.5 Å². The number of hydrogen-bond donors (Lipinski definition) is 2. The van der Waals surface area contributed by atoms with Gasteiger partial charge in [-0.2, -0.15) is 0 Å². The minimum Gasteiger partial charge on any atom is -0.484 e. The number of halogens is 3. The number of carbonyl (C=O) groups excluding carboxylic acids is 2. The largest absolute Gasteiger partial charge is 0.484 e. The molecule has 0 aliphatic rings. The number of ether oxygens (including phenoxy) is 1. The molecule has 0 atom stereocenters. The first-order valence-corrected chi connectivity index (χ1v) is 7.35. The van der Waals surface area contributed by atoms with Gasteiger partial charge in [0.2, 0.25) is 5.91 Å². The van der Waals surface area contributed by atoms with E-state index in [1.807, 2.05) is 5.32 Å². The van der Waals surface area contributed by atoms with E-state index in [2.05, 4.69) is 5.32 Å². The average Bonchev–Trinajstić information content (AvgIpc) is 2.65. The van der Waals surface area contributed by atoms with Crippen LogP contribution < -0.4 is 15.4 Å². The quantitative estimate of drug-likeness (QED) is 0.432. The summed E-state index contributed by atoms with van der Waals surface area (Å²) in [6.07, 6.45) is 0. The number of anilines is 1. The normalized spacial score (nSPS) is 10.2. The molecule has 0 aliphatic carbocycles. The third kappa shape index (κ3) is 5.42. The van der Waals surface area contributed by atoms with Gasteiger partial charge in [-0.15, -0.1) is 0 Å². The van der Waals surface area contributed by atoms with Crippen molar-refractivity contribution in [3.8, 4) is 5.75 Å². The van der Waals surface area contributed by atoms with E-state index in [-0.39, 0.29) is 11.4 Å². The molecule has 2 N–H and O–H groups in total. The molecule has 0 heterocycles. The van der Waals surface area contributed by atoms with E-state index in [1.165, 1.54) is 24.3 Å². The lowest BCUT2D eigenvalue weighted by Gasteiger charge is -2.09. The number of hydrogen-bond acceptors (Lipinski definition) is 5. The van der Waals surface area contributed by atoms with E-state index < -0.39 is 53.0 Å². The van der Waals surface area contributed by atoms with Gasteiger partial charge >= 0.3 is 0 Å². The zero-order chi connectivity index (χ0) is 20.0. The van der Waals surface area contributed by atoms with Crippen LogP contribution in [0.25, 0.3) is 0 Å². The Morgan fingerprint density at radius 2 is 1.67 bits per heavy atom. The second kappa shape index (κ2) is 8.65. The van der Waals surface area contributed by atoms with Crippen molar-refractivity contribution < 1.29 is 32.4 Å². The number of amides is 2. The number of rotatable bonds is 7. The first-order valence-electron chi connectivity index (χ1n) is 7.35. The fraction of sp³-hybridized carbons (Fsp3) is 0.125. The predicted molar refractivity (Wildman–Crippen MR) is 86.5 cm³/mol. The summed E-state index contributed by atoms with van der Waals surface area (Å²) in [4.78, 5) is 33.2. The number of benzene rings is 2. The monoisotopic (exact) mass is 383 g/mol. The van der Waals surface area contributed by atoms with Crippen LogP contribution in [0.5, 0.6) is 5.75 Å². The summed E-state index contributed by atoms with van der Waals surface area (Å²) in [6.45, 7) is -1.05. The van der Waals surface area contributed by atoms with E-state index in [0.717, 1.165) is 6.07 Å². The molecule has 2 aromatic rings. The van der Waals surface area contributed by atoms with Crippen LogP contribution in [0.15, 0.2) is 36.4 Å². The Hall–Kier alpha value is -3.63. The van der Waals surface area contributed by atoms with Crippen molar-refractivity contribution in [2.24, 2.45) is 0 Å². The van der Waals surface area contributed by atoms with Crippen LogP contribution in [0.3, 0.4) is 0 Å². The average molecular weight is 383 g/mol. The van der Waals surface area contributed by atoms with Gasteiger partial charge in [-0.1, -0.05) is 0 Å². The Labute approximate surface area is 150 Å². The molecule has 11 heteroatoms. The predicted octanol–water partition coefficient (Wildman–Crippen LogP) is 2.15. The Morgan fingerprint density at radius 1 is 1.00 bits per heavy atom. The first kappa shape index (κ1) is 19.7. The third-order valence-corrected chi connectivity index (χ3v) is 3.17. The summed E-state index contributed by atoms with van der Waals surface area (Å²) in [5, 5.41) is 14.7. The van der Waals surface area contributed by atoms with Gasteiger partial charge in [0.25, 0.3) is 11.6 Å². The number of nitrogens with zero attached hydrogens (tertiary/aromatic N) is 1. The molecule has 0 bridgehead atoms. The molecular weight excluding hydrogens is 371 g/mol. The molecule has 0 aromatic heterocycles. The molecule has 0 aliphatic heterocycles. The molecule has 2 aromatic carbocycles. The van der Waals surface area contributed by atoms with Gasteiger partial charge in [-0.25, -0.2) is 13.2 Å². The van der Waals surface area contributed by atoms with Gasteiger partial charge in [0.05, 0.1) is 17.2 Å². The van der Waals surface area contributed by atoms with Crippen molar-refractivity contribution in [1.82, 2.24) is 5.32 Å². The topological polar surface area (TPSA) is 111 Å². The highest BCUT2D eigenvalue weighted by Gasteiger charge is 2.15. The molecule has 2 rings (SSSR count). The Kier molecular flexibility index (Phi) is 6.31. The summed E-state index contributed by atoms with van der Waals surface area (Å²) in [7, 11) is 0. The van der Waals surface area contributed by atoms with Crippen LogP contribution >= 0.6 is 0 Å². The second-order valence-corrected chi connectivity index (χ2v) is 5.09. The lowest BCUT2D eigenvalue weighted by Crippen LogP contribution is -2.36. The Balaban J connectivity index is 1.79. The number of non-ortho nitro benzene ring substituents is 1. The highest BCUT2D eigenvalue weighted by atomic mass is 19.2. The van der Waals surface area contributed by atoms with E-state index in [0.29, 0.717) is 6.07 Å². The fourth-order valence-electron chi connectivity index (χ4n) is 1.86. The SMILES string of the molecule is O=C(COc1ccc([N+](=O)[O-])cc1)NCC(=O)Nc1ccc(F)c(F)c1F. The van der Waals surface area contributed by atoms with Gasteiger partial charge in [0.1, 0.15) is 5.75 Å². The van der Waals surface area contributed by atoms with Crippen molar-refractivity contribution in [2.45, 2.75) is 0 Å². The Bertz CT molecular complexity index is 874. The molecule has 27 heavy (non-hydrogen) atoms. The second-order valence-electron chi connectivity index (χ2n) is 5.09. The molecule has 0 saturated carbocycles. The van der Waals surface area contributed by atoms with Crippen molar-refractivity contribution in [2.75, 3.05) is 18.5 Å². The summed E-state index contributed by atoms with van der Waals surface area (Å²) in [5.74, 6) is -6.06. The van der Waals surface area contributed by atoms with Crippen LogP contribution in [0.2, 0.25) is 0 Å². The molecule has 0 saturated heterocycles. The summed E-state index contributed by atoms with van der Waals surface area (Å²) in [5.41, 5.74) is -0.719. The maximum Gasteiger partial charge on any atom is 0.269 e. The lowest BCUT2D eigenvalue weighted by atomic mass is 10.2. The van der Waals surface area contributed by atoms with E-state index >= 15 is 0 Å². The molecule has 0 unspecified atom stereocenters. The van der Waals surface area contributed by atoms with Crippen molar-refractivity contribution >= 4 is 23.2 Å². The van der Waals surface area contributed by atoms with E-state index in [1.54, 1.807) is 0 Å². The molecule has 2 amide bonds. The van der Waals surface area contributed by atoms with Crippen LogP contribution in [0.1, 0.15) is 0 Å². The van der Waals surface area contributed by atoms with Gasteiger partial charge in [-0.05, 0) is 24.3 Å².